The van der Waals surface area contributed by atoms with Crippen LogP contribution in [-0.2, 0) is 0 Å². The fourth-order valence-corrected chi connectivity index (χ4v) is 2.09. The van der Waals surface area contributed by atoms with E-state index in [4.69, 9.17) is 16.3 Å². The summed E-state index contributed by atoms with van der Waals surface area (Å²) < 4.78 is 7.48. The van der Waals surface area contributed by atoms with Crippen molar-refractivity contribution in [2.75, 3.05) is 0 Å². The van der Waals surface area contributed by atoms with Gasteiger partial charge in [0.2, 0.25) is 0 Å². The van der Waals surface area contributed by atoms with E-state index in [-0.39, 0.29) is 6.10 Å². The molecule has 2 heterocycles. The van der Waals surface area contributed by atoms with Crippen LogP contribution in [0, 0.1) is 0 Å². The highest BCUT2D eigenvalue weighted by atomic mass is 35.5. The number of hydrogen-bond donors (Lipinski definition) is 0. The van der Waals surface area contributed by atoms with Crippen LogP contribution in [0.5, 0.6) is 5.75 Å². The Bertz CT molecular complexity index is 754. The van der Waals surface area contributed by atoms with Crippen molar-refractivity contribution >= 4 is 17.2 Å². The standard InChI is InChI=1S/C14H13ClN4O/c1-9(2)20-11-5-3-4-10(6-11)14-18-17-13-7-12(15)16-8-19(13)14/h3-9H,1-2H3. The molecule has 5 nitrogen and oxygen atoms in total. The molecule has 1 aromatic carbocycles. The van der Waals surface area contributed by atoms with Crippen molar-refractivity contribution in [1.29, 1.82) is 0 Å². The van der Waals surface area contributed by atoms with E-state index in [0.717, 1.165) is 11.3 Å². The molecule has 0 aliphatic heterocycles. The van der Waals surface area contributed by atoms with Gasteiger partial charge in [0, 0.05) is 11.6 Å². The Hall–Kier alpha value is -2.14. The van der Waals surface area contributed by atoms with Gasteiger partial charge in [0.05, 0.1) is 6.10 Å². The van der Waals surface area contributed by atoms with Crippen LogP contribution < -0.4 is 4.74 Å². The van der Waals surface area contributed by atoms with Gasteiger partial charge < -0.3 is 4.74 Å². The summed E-state index contributed by atoms with van der Waals surface area (Å²) in [5.74, 6) is 1.51. The lowest BCUT2D eigenvalue weighted by Crippen LogP contribution is -2.05. The van der Waals surface area contributed by atoms with E-state index in [2.05, 4.69) is 15.2 Å². The third-order valence-corrected chi connectivity index (χ3v) is 2.94. The number of nitrogens with zero attached hydrogens (tertiary/aromatic N) is 4. The Kier molecular flexibility index (Phi) is 3.28. The van der Waals surface area contributed by atoms with Crippen LogP contribution in [0.25, 0.3) is 17.0 Å². The minimum absolute atomic E-state index is 0.126. The van der Waals surface area contributed by atoms with Crippen LogP contribution in [0.1, 0.15) is 13.8 Å². The lowest BCUT2D eigenvalue weighted by atomic mass is 10.2. The van der Waals surface area contributed by atoms with Gasteiger partial charge in [0.25, 0.3) is 0 Å². The van der Waals surface area contributed by atoms with Crippen LogP contribution in [0.15, 0.2) is 36.7 Å². The van der Waals surface area contributed by atoms with Gasteiger partial charge >= 0.3 is 0 Å². The fourth-order valence-electron chi connectivity index (χ4n) is 1.95. The van der Waals surface area contributed by atoms with Crippen LogP contribution in [0.2, 0.25) is 5.15 Å². The minimum Gasteiger partial charge on any atom is -0.491 e. The van der Waals surface area contributed by atoms with E-state index in [9.17, 15) is 0 Å². The summed E-state index contributed by atoms with van der Waals surface area (Å²) in [5, 5.41) is 8.68. The Labute approximate surface area is 121 Å². The Morgan fingerprint density at radius 3 is 2.85 bits per heavy atom. The van der Waals surface area contributed by atoms with Gasteiger partial charge in [-0.25, -0.2) is 4.98 Å². The van der Waals surface area contributed by atoms with Gasteiger partial charge in [-0.15, -0.1) is 10.2 Å². The average Bonchev–Trinajstić information content (AvgIpc) is 2.81. The first-order valence-electron chi connectivity index (χ1n) is 6.27. The maximum Gasteiger partial charge on any atom is 0.169 e. The summed E-state index contributed by atoms with van der Waals surface area (Å²) in [7, 11) is 0. The SMILES string of the molecule is CC(C)Oc1cccc(-c2nnc3cc(Cl)ncn23)c1. The zero-order valence-corrected chi connectivity index (χ0v) is 11.9. The molecule has 0 atom stereocenters. The van der Waals surface area contributed by atoms with E-state index in [0.29, 0.717) is 16.6 Å². The second kappa shape index (κ2) is 5.09. The van der Waals surface area contributed by atoms with E-state index < -0.39 is 0 Å². The third kappa shape index (κ3) is 2.44. The summed E-state index contributed by atoms with van der Waals surface area (Å²) in [4.78, 5) is 4.05. The summed E-state index contributed by atoms with van der Waals surface area (Å²) in [6.07, 6.45) is 1.74. The molecule has 0 aliphatic carbocycles. The first-order valence-corrected chi connectivity index (χ1v) is 6.64. The third-order valence-electron chi connectivity index (χ3n) is 2.73. The van der Waals surface area contributed by atoms with Crippen LogP contribution >= 0.6 is 11.6 Å². The lowest BCUT2D eigenvalue weighted by Gasteiger charge is -2.10. The van der Waals surface area contributed by atoms with Crippen molar-refractivity contribution in [3.63, 3.8) is 0 Å². The first kappa shape index (κ1) is 12.9. The summed E-state index contributed by atoms with van der Waals surface area (Å²) in [5.41, 5.74) is 1.58. The normalized spacial score (nSPS) is 11.2. The van der Waals surface area contributed by atoms with E-state index >= 15 is 0 Å². The number of fused-ring (bicyclic) bond motifs is 1. The molecule has 3 rings (SSSR count). The van der Waals surface area contributed by atoms with Gasteiger partial charge in [-0.2, -0.15) is 0 Å². The molecular weight excluding hydrogens is 276 g/mol. The van der Waals surface area contributed by atoms with Crippen molar-refractivity contribution in [3.8, 4) is 17.1 Å². The predicted molar refractivity (Wildman–Crippen MR) is 77.0 cm³/mol. The van der Waals surface area contributed by atoms with Gasteiger partial charge in [0.1, 0.15) is 17.2 Å². The first-order chi connectivity index (χ1) is 9.63. The second-order valence-corrected chi connectivity index (χ2v) is 5.05. The Balaban J connectivity index is 2.06. The molecule has 0 radical (unpaired) electrons. The molecule has 2 aromatic heterocycles. The monoisotopic (exact) mass is 288 g/mol. The van der Waals surface area contributed by atoms with E-state index in [1.54, 1.807) is 16.8 Å². The number of ether oxygens (including phenoxy) is 1. The molecule has 0 spiro atoms. The summed E-state index contributed by atoms with van der Waals surface area (Å²) >= 11 is 5.84. The zero-order chi connectivity index (χ0) is 14.1. The van der Waals surface area contributed by atoms with Gasteiger partial charge in [-0.05, 0) is 26.0 Å². The lowest BCUT2D eigenvalue weighted by molar-refractivity contribution is 0.242. The number of halogens is 1. The number of benzene rings is 1. The Morgan fingerprint density at radius 2 is 2.05 bits per heavy atom. The number of aromatic nitrogens is 4. The molecular formula is C14H13ClN4O. The van der Waals surface area contributed by atoms with Crippen molar-refractivity contribution in [2.45, 2.75) is 20.0 Å². The van der Waals surface area contributed by atoms with E-state index in [1.165, 1.54) is 0 Å². The molecule has 0 amide bonds. The molecule has 3 aromatic rings. The summed E-state index contributed by atoms with van der Waals surface area (Å²) in [6, 6.07) is 9.41. The van der Waals surface area contributed by atoms with Crippen molar-refractivity contribution < 1.29 is 4.74 Å². The van der Waals surface area contributed by atoms with Crippen molar-refractivity contribution in [2.24, 2.45) is 0 Å². The van der Waals surface area contributed by atoms with E-state index in [1.807, 2.05) is 38.1 Å². The molecule has 0 fully saturated rings. The largest absolute Gasteiger partial charge is 0.491 e. The molecule has 0 aliphatic rings. The quantitative estimate of drug-likeness (QED) is 0.694. The number of hydrogen-bond acceptors (Lipinski definition) is 4. The molecule has 0 bridgehead atoms. The molecule has 20 heavy (non-hydrogen) atoms. The second-order valence-electron chi connectivity index (χ2n) is 4.66. The smallest absolute Gasteiger partial charge is 0.169 e. The summed E-state index contributed by atoms with van der Waals surface area (Å²) in [6.45, 7) is 3.98. The fraction of sp³-hybridized carbons (Fsp3) is 0.214. The molecule has 102 valence electrons. The average molecular weight is 289 g/mol. The van der Waals surface area contributed by atoms with Crippen molar-refractivity contribution in [1.82, 2.24) is 19.6 Å². The topological polar surface area (TPSA) is 52.3 Å². The molecule has 0 unspecified atom stereocenters. The zero-order valence-electron chi connectivity index (χ0n) is 11.1. The molecule has 0 N–H and O–H groups in total. The highest BCUT2D eigenvalue weighted by Crippen LogP contribution is 2.24. The Morgan fingerprint density at radius 1 is 1.20 bits per heavy atom. The number of rotatable bonds is 3. The minimum atomic E-state index is 0.126. The maximum absolute atomic E-state index is 5.84. The maximum atomic E-state index is 5.84. The van der Waals surface area contributed by atoms with Crippen LogP contribution in [-0.4, -0.2) is 25.7 Å². The van der Waals surface area contributed by atoms with Crippen LogP contribution in [0.3, 0.4) is 0 Å². The molecule has 0 saturated carbocycles. The van der Waals surface area contributed by atoms with Crippen LogP contribution in [0.4, 0.5) is 0 Å². The van der Waals surface area contributed by atoms with Crippen molar-refractivity contribution in [3.05, 3.63) is 41.8 Å². The van der Waals surface area contributed by atoms with Gasteiger partial charge in [-0.1, -0.05) is 23.7 Å². The highest BCUT2D eigenvalue weighted by molar-refractivity contribution is 6.29. The molecule has 0 saturated heterocycles. The van der Waals surface area contributed by atoms with Gasteiger partial charge in [0.15, 0.2) is 11.5 Å². The molecule has 6 heteroatoms. The predicted octanol–water partition coefficient (Wildman–Crippen LogP) is 3.23. The van der Waals surface area contributed by atoms with Gasteiger partial charge in [-0.3, -0.25) is 4.40 Å². The highest BCUT2D eigenvalue weighted by Gasteiger charge is 2.10.